The van der Waals surface area contributed by atoms with Crippen molar-refractivity contribution < 1.29 is 28.0 Å². The lowest BCUT2D eigenvalue weighted by atomic mass is 9.86. The van der Waals surface area contributed by atoms with Crippen LogP contribution in [0, 0.1) is 5.82 Å². The number of hydrogen-bond acceptors (Lipinski definition) is 7. The maximum absolute atomic E-state index is 13.9. The van der Waals surface area contributed by atoms with E-state index in [1.807, 2.05) is 27.7 Å². The molecule has 138 valence electrons. The molecule has 7 nitrogen and oxygen atoms in total. The Kier molecular flexibility index (Phi) is 4.68. The number of primary amides is 1. The SMILES string of the molecule is CC1(C)OB(c2csc(Oc3ccc(OC(N)=O)c(F)c3)n2)OC1(C)C. The lowest BCUT2D eigenvalue weighted by molar-refractivity contribution is 0.00578. The number of nitrogens with two attached hydrogens (primary N) is 1. The van der Waals surface area contributed by atoms with Gasteiger partial charge in [0.1, 0.15) is 5.75 Å². The summed E-state index contributed by atoms with van der Waals surface area (Å²) in [6.45, 7) is 7.81. The predicted octanol–water partition coefficient (Wildman–Crippen LogP) is 2.83. The highest BCUT2D eigenvalue weighted by Crippen LogP contribution is 2.37. The summed E-state index contributed by atoms with van der Waals surface area (Å²) in [5, 5.41) is 2.07. The zero-order valence-electron chi connectivity index (χ0n) is 14.7. The zero-order valence-corrected chi connectivity index (χ0v) is 15.6. The molecule has 1 aromatic carbocycles. The molecule has 10 heteroatoms. The Morgan fingerprint density at radius 1 is 1.27 bits per heavy atom. The summed E-state index contributed by atoms with van der Waals surface area (Å²) in [6.07, 6.45) is -1.09. The molecule has 2 heterocycles. The van der Waals surface area contributed by atoms with Crippen LogP contribution in [0.3, 0.4) is 0 Å². The molecule has 0 bridgehead atoms. The number of benzene rings is 1. The summed E-state index contributed by atoms with van der Waals surface area (Å²) in [5.41, 5.74) is 4.50. The molecule has 0 saturated carbocycles. The normalized spacial score (nSPS) is 18.0. The summed E-state index contributed by atoms with van der Waals surface area (Å²) >= 11 is 1.23. The second-order valence-electron chi connectivity index (χ2n) is 6.74. The number of nitrogens with zero attached hydrogens (tertiary/aromatic N) is 1. The molecule has 3 rings (SSSR count). The van der Waals surface area contributed by atoms with E-state index in [1.165, 1.54) is 23.5 Å². The average molecular weight is 380 g/mol. The molecule has 1 amide bonds. The summed E-state index contributed by atoms with van der Waals surface area (Å²) in [6, 6.07) is 3.77. The Hall–Kier alpha value is -2.17. The van der Waals surface area contributed by atoms with Crippen molar-refractivity contribution in [1.29, 1.82) is 0 Å². The van der Waals surface area contributed by atoms with Crippen LogP contribution in [0.15, 0.2) is 23.6 Å². The topological polar surface area (TPSA) is 92.9 Å². The number of hydrogen-bond donors (Lipinski definition) is 1. The van der Waals surface area contributed by atoms with Crippen LogP contribution in [-0.4, -0.2) is 29.4 Å². The second kappa shape index (κ2) is 6.53. The van der Waals surface area contributed by atoms with Crippen molar-refractivity contribution in [1.82, 2.24) is 4.98 Å². The average Bonchev–Trinajstić information content (AvgIpc) is 3.04. The van der Waals surface area contributed by atoms with Gasteiger partial charge < -0.3 is 24.5 Å². The van der Waals surface area contributed by atoms with E-state index in [9.17, 15) is 9.18 Å². The van der Waals surface area contributed by atoms with Crippen LogP contribution in [0.5, 0.6) is 16.7 Å². The minimum absolute atomic E-state index is 0.203. The molecule has 0 unspecified atom stereocenters. The van der Waals surface area contributed by atoms with Crippen LogP contribution in [0.2, 0.25) is 0 Å². The van der Waals surface area contributed by atoms with Gasteiger partial charge in [0.05, 0.1) is 16.8 Å². The molecule has 1 saturated heterocycles. The standard InChI is InChI=1S/C16H18BFN2O5S/c1-15(2)16(3,4)25-17(24-15)12-8-26-14(20-12)22-9-5-6-11(10(18)7-9)23-13(19)21/h5-8H,1-4H3,(H2,19,21). The molecule has 0 radical (unpaired) electrons. The van der Waals surface area contributed by atoms with Crippen molar-refractivity contribution in [2.24, 2.45) is 5.73 Å². The van der Waals surface area contributed by atoms with Gasteiger partial charge in [0.2, 0.25) is 0 Å². The fourth-order valence-electron chi connectivity index (χ4n) is 2.22. The maximum Gasteiger partial charge on any atom is 0.515 e. The molecule has 2 N–H and O–H groups in total. The van der Waals surface area contributed by atoms with Gasteiger partial charge in [-0.15, -0.1) is 0 Å². The van der Waals surface area contributed by atoms with Crippen LogP contribution >= 0.6 is 11.3 Å². The van der Waals surface area contributed by atoms with E-state index in [1.54, 1.807) is 5.38 Å². The summed E-state index contributed by atoms with van der Waals surface area (Å²) in [4.78, 5) is 15.0. The number of carbonyl (C=O) groups is 1. The van der Waals surface area contributed by atoms with Gasteiger partial charge in [-0.1, -0.05) is 11.3 Å². The Balaban J connectivity index is 1.72. The number of ether oxygens (including phenoxy) is 2. The van der Waals surface area contributed by atoms with Crippen molar-refractivity contribution in [3.63, 3.8) is 0 Å². The van der Waals surface area contributed by atoms with Gasteiger partial charge in [-0.3, -0.25) is 0 Å². The number of rotatable bonds is 4. The second-order valence-corrected chi connectivity index (χ2v) is 7.56. The molecule has 1 aliphatic heterocycles. The van der Waals surface area contributed by atoms with Crippen LogP contribution in [0.4, 0.5) is 9.18 Å². The minimum Gasteiger partial charge on any atom is -0.431 e. The van der Waals surface area contributed by atoms with Gasteiger partial charge in [-0.05, 0) is 39.8 Å². The lowest BCUT2D eigenvalue weighted by Crippen LogP contribution is -2.41. The maximum atomic E-state index is 13.9. The van der Waals surface area contributed by atoms with Crippen LogP contribution in [0.25, 0.3) is 0 Å². The van der Waals surface area contributed by atoms with Gasteiger partial charge >= 0.3 is 13.2 Å². The van der Waals surface area contributed by atoms with E-state index in [0.717, 1.165) is 6.07 Å². The summed E-state index contributed by atoms with van der Waals surface area (Å²) in [5.74, 6) is -0.847. The molecule has 1 fully saturated rings. The largest absolute Gasteiger partial charge is 0.515 e. The predicted molar refractivity (Wildman–Crippen MR) is 94.5 cm³/mol. The van der Waals surface area contributed by atoms with E-state index in [2.05, 4.69) is 9.72 Å². The highest BCUT2D eigenvalue weighted by atomic mass is 32.1. The first-order chi connectivity index (χ1) is 12.1. The third kappa shape index (κ3) is 3.67. The van der Waals surface area contributed by atoms with E-state index in [4.69, 9.17) is 19.8 Å². The van der Waals surface area contributed by atoms with Gasteiger partial charge in [0.15, 0.2) is 11.6 Å². The monoisotopic (exact) mass is 380 g/mol. The van der Waals surface area contributed by atoms with Crippen LogP contribution < -0.4 is 20.8 Å². The van der Waals surface area contributed by atoms with Crippen molar-refractivity contribution in [2.45, 2.75) is 38.9 Å². The number of halogens is 1. The molecule has 1 aliphatic rings. The minimum atomic E-state index is -1.09. The van der Waals surface area contributed by atoms with Crippen molar-refractivity contribution >= 4 is 30.1 Å². The van der Waals surface area contributed by atoms with E-state index in [0.29, 0.717) is 10.8 Å². The summed E-state index contributed by atoms with van der Waals surface area (Å²) in [7, 11) is -0.600. The molecule has 1 aromatic heterocycles. The fourth-order valence-corrected chi connectivity index (χ4v) is 2.91. The highest BCUT2D eigenvalue weighted by Gasteiger charge is 2.52. The number of amides is 1. The third-order valence-electron chi connectivity index (χ3n) is 4.31. The van der Waals surface area contributed by atoms with E-state index in [-0.39, 0.29) is 11.5 Å². The Morgan fingerprint density at radius 3 is 2.50 bits per heavy atom. The molecular weight excluding hydrogens is 362 g/mol. The molecule has 0 atom stereocenters. The van der Waals surface area contributed by atoms with Crippen molar-refractivity contribution in [3.05, 3.63) is 29.4 Å². The molecule has 0 spiro atoms. The first kappa shape index (κ1) is 18.6. The van der Waals surface area contributed by atoms with Crippen molar-refractivity contribution in [3.8, 4) is 16.7 Å². The van der Waals surface area contributed by atoms with Gasteiger partial charge in [-0.25, -0.2) is 14.2 Å². The molecular formula is C16H18BFN2O5S. The summed E-state index contributed by atoms with van der Waals surface area (Å²) < 4.78 is 35.8. The number of thiazole rings is 1. The first-order valence-corrected chi connectivity index (χ1v) is 8.71. The highest BCUT2D eigenvalue weighted by molar-refractivity contribution is 7.12. The first-order valence-electron chi connectivity index (χ1n) is 7.83. The fraction of sp³-hybridized carbons (Fsp3) is 0.375. The Labute approximate surface area is 154 Å². The van der Waals surface area contributed by atoms with Crippen LogP contribution in [0.1, 0.15) is 27.7 Å². The Morgan fingerprint density at radius 2 is 1.92 bits per heavy atom. The third-order valence-corrected chi connectivity index (χ3v) is 5.05. The quantitative estimate of drug-likeness (QED) is 0.820. The molecule has 0 aliphatic carbocycles. The van der Waals surface area contributed by atoms with Gasteiger partial charge in [0.25, 0.3) is 5.19 Å². The van der Waals surface area contributed by atoms with E-state index < -0.39 is 30.2 Å². The molecule has 2 aromatic rings. The van der Waals surface area contributed by atoms with Crippen LogP contribution in [-0.2, 0) is 9.31 Å². The smallest absolute Gasteiger partial charge is 0.431 e. The Bertz CT molecular complexity index is 826. The van der Waals surface area contributed by atoms with Gasteiger partial charge in [-0.2, -0.15) is 0 Å². The lowest BCUT2D eigenvalue weighted by Gasteiger charge is -2.32. The number of aromatic nitrogens is 1. The van der Waals surface area contributed by atoms with E-state index >= 15 is 0 Å². The number of carbonyl (C=O) groups excluding carboxylic acids is 1. The van der Waals surface area contributed by atoms with Crippen molar-refractivity contribution in [2.75, 3.05) is 0 Å². The zero-order chi connectivity index (χ0) is 19.1. The molecule has 26 heavy (non-hydrogen) atoms. The van der Waals surface area contributed by atoms with Gasteiger partial charge in [0, 0.05) is 11.4 Å².